The molecule has 0 aliphatic carbocycles. The van der Waals surface area contributed by atoms with Crippen molar-refractivity contribution >= 4 is 0 Å². The normalized spacial score (nSPS) is 47.2. The van der Waals surface area contributed by atoms with E-state index in [-0.39, 0.29) is 12.8 Å². The number of hydrogen-bond acceptors (Lipinski definition) is 3. The summed E-state index contributed by atoms with van der Waals surface area (Å²) in [4.78, 5) is 0. The van der Waals surface area contributed by atoms with Crippen LogP contribution < -0.4 is 0 Å². The number of rotatable bonds is 0. The first kappa shape index (κ1) is 3.52. The molecule has 58 valence electrons. The lowest BCUT2D eigenvalue weighted by Gasteiger charge is -2.30. The van der Waals surface area contributed by atoms with Crippen LogP contribution in [0.1, 0.15) is 18.3 Å². The molecule has 2 fully saturated rings. The molecule has 0 aromatic carbocycles. The molecule has 2 saturated heterocycles. The van der Waals surface area contributed by atoms with Gasteiger partial charge in [-0.3, -0.25) is 0 Å². The molecule has 0 saturated carbocycles. The summed E-state index contributed by atoms with van der Waals surface area (Å²) >= 11 is 0. The second kappa shape index (κ2) is 2.49. The van der Waals surface area contributed by atoms with Crippen LogP contribution in [0.15, 0.2) is 0 Å². The van der Waals surface area contributed by atoms with E-state index in [4.69, 9.17) is 15.0 Å². The SMILES string of the molecule is [2H]C1([2H])CC2(CC([2H])([2H])O1)OCCO2. The maximum atomic E-state index is 7.42. The first-order chi connectivity index (χ1) is 6.33. The van der Waals surface area contributed by atoms with Gasteiger partial charge in [0.1, 0.15) is 0 Å². The molecule has 0 amide bonds. The fourth-order valence-corrected chi connectivity index (χ4v) is 1.11. The van der Waals surface area contributed by atoms with Crippen LogP contribution in [0.4, 0.5) is 0 Å². The molecular weight excluding hydrogens is 132 g/mol. The van der Waals surface area contributed by atoms with Crippen LogP contribution >= 0.6 is 0 Å². The van der Waals surface area contributed by atoms with E-state index in [0.717, 1.165) is 0 Å². The summed E-state index contributed by atoms with van der Waals surface area (Å²) in [6.07, 6.45) is -0.168. The Balaban J connectivity index is 2.20. The van der Waals surface area contributed by atoms with Crippen molar-refractivity contribution in [2.75, 3.05) is 26.3 Å². The zero-order chi connectivity index (χ0) is 10.4. The molecule has 1 spiro atoms. The van der Waals surface area contributed by atoms with Gasteiger partial charge in [-0.05, 0) is 0 Å². The smallest absolute Gasteiger partial charge is 0.172 e. The Labute approximate surface area is 65.9 Å². The van der Waals surface area contributed by atoms with E-state index >= 15 is 0 Å². The van der Waals surface area contributed by atoms with E-state index in [9.17, 15) is 0 Å². The van der Waals surface area contributed by atoms with E-state index < -0.39 is 18.9 Å². The van der Waals surface area contributed by atoms with E-state index in [1.807, 2.05) is 0 Å². The van der Waals surface area contributed by atoms with Crippen molar-refractivity contribution in [2.24, 2.45) is 0 Å². The van der Waals surface area contributed by atoms with Crippen LogP contribution in [0.3, 0.4) is 0 Å². The van der Waals surface area contributed by atoms with Gasteiger partial charge in [0.15, 0.2) is 5.79 Å². The van der Waals surface area contributed by atoms with Crippen molar-refractivity contribution in [3.8, 4) is 0 Å². The largest absolute Gasteiger partial charge is 0.381 e. The average Bonchev–Trinajstić information content (AvgIpc) is 2.27. The van der Waals surface area contributed by atoms with Crippen molar-refractivity contribution in [1.82, 2.24) is 0 Å². The van der Waals surface area contributed by atoms with Crippen LogP contribution in [0.25, 0.3) is 0 Å². The Morgan fingerprint density at radius 3 is 2.30 bits per heavy atom. The highest BCUT2D eigenvalue weighted by Gasteiger charge is 2.37. The predicted molar refractivity (Wildman–Crippen MR) is 34.7 cm³/mol. The zero-order valence-electron chi connectivity index (χ0n) is 9.55. The molecular formula is C7H12O3. The summed E-state index contributed by atoms with van der Waals surface area (Å²) in [5.41, 5.74) is 0. The molecule has 3 nitrogen and oxygen atoms in total. The molecule has 10 heavy (non-hydrogen) atoms. The Hall–Kier alpha value is -0.120. The van der Waals surface area contributed by atoms with E-state index in [1.54, 1.807) is 0 Å². The summed E-state index contributed by atoms with van der Waals surface area (Å²) < 4.78 is 44.9. The first-order valence-electron chi connectivity index (χ1n) is 5.31. The highest BCUT2D eigenvalue weighted by atomic mass is 16.7. The summed E-state index contributed by atoms with van der Waals surface area (Å²) in [6, 6.07) is 0. The topological polar surface area (TPSA) is 27.7 Å². The van der Waals surface area contributed by atoms with Gasteiger partial charge in [0.05, 0.1) is 31.8 Å². The van der Waals surface area contributed by atoms with Gasteiger partial charge in [0.25, 0.3) is 0 Å². The molecule has 0 N–H and O–H groups in total. The lowest BCUT2D eigenvalue weighted by atomic mass is 10.1. The van der Waals surface area contributed by atoms with Gasteiger partial charge in [-0.15, -0.1) is 0 Å². The molecule has 0 atom stereocenters. The maximum absolute atomic E-state index is 7.42. The molecule has 2 aliphatic heterocycles. The van der Waals surface area contributed by atoms with Crippen LogP contribution in [-0.2, 0) is 14.2 Å². The number of hydrogen-bond donors (Lipinski definition) is 0. The predicted octanol–water partition coefficient (Wildman–Crippen LogP) is 0.540. The van der Waals surface area contributed by atoms with E-state index in [2.05, 4.69) is 4.74 Å². The highest BCUT2D eigenvalue weighted by molar-refractivity contribution is 4.76. The van der Waals surface area contributed by atoms with Crippen LogP contribution in [0.5, 0.6) is 0 Å². The average molecular weight is 148 g/mol. The second-order valence-corrected chi connectivity index (χ2v) is 2.35. The van der Waals surface area contributed by atoms with Crippen molar-refractivity contribution in [3.05, 3.63) is 0 Å². The van der Waals surface area contributed by atoms with Crippen molar-refractivity contribution in [1.29, 1.82) is 0 Å². The first-order valence-corrected chi connectivity index (χ1v) is 3.31. The van der Waals surface area contributed by atoms with E-state index in [1.165, 1.54) is 0 Å². The minimum absolute atomic E-state index is 0.0838. The molecule has 0 aromatic rings. The monoisotopic (exact) mass is 148 g/mol. The quantitative estimate of drug-likeness (QED) is 0.502. The Morgan fingerprint density at radius 1 is 1.10 bits per heavy atom. The number of ether oxygens (including phenoxy) is 3. The van der Waals surface area contributed by atoms with Crippen molar-refractivity contribution < 1.29 is 19.7 Å². The summed E-state index contributed by atoms with van der Waals surface area (Å²) in [7, 11) is 0. The van der Waals surface area contributed by atoms with Crippen molar-refractivity contribution in [3.63, 3.8) is 0 Å². The fraction of sp³-hybridized carbons (Fsp3) is 1.00. The Morgan fingerprint density at radius 2 is 1.70 bits per heavy atom. The second-order valence-electron chi connectivity index (χ2n) is 2.35. The zero-order valence-corrected chi connectivity index (χ0v) is 5.55. The van der Waals surface area contributed by atoms with Gasteiger partial charge in [-0.25, -0.2) is 0 Å². The van der Waals surface area contributed by atoms with Crippen LogP contribution in [0.2, 0.25) is 0 Å². The summed E-state index contributed by atoms with van der Waals surface area (Å²) in [6.45, 7) is -3.31. The molecule has 2 aliphatic rings. The molecule has 2 heterocycles. The third-order valence-electron chi connectivity index (χ3n) is 1.64. The van der Waals surface area contributed by atoms with Crippen LogP contribution in [-0.4, -0.2) is 32.1 Å². The van der Waals surface area contributed by atoms with Gasteiger partial charge in [0, 0.05) is 12.8 Å². The van der Waals surface area contributed by atoms with Crippen molar-refractivity contribution in [2.45, 2.75) is 18.6 Å². The Kier molecular flexibility index (Phi) is 0.876. The fourth-order valence-electron chi connectivity index (χ4n) is 1.11. The van der Waals surface area contributed by atoms with Gasteiger partial charge >= 0.3 is 0 Å². The molecule has 0 unspecified atom stereocenters. The molecule has 2 rings (SSSR count). The van der Waals surface area contributed by atoms with Gasteiger partial charge in [-0.1, -0.05) is 0 Å². The lowest BCUT2D eigenvalue weighted by Crippen LogP contribution is -2.36. The summed E-state index contributed by atoms with van der Waals surface area (Å²) in [5.74, 6) is -1.13. The van der Waals surface area contributed by atoms with Crippen LogP contribution in [0, 0.1) is 0 Å². The maximum Gasteiger partial charge on any atom is 0.172 e. The molecule has 0 aromatic heterocycles. The summed E-state index contributed by atoms with van der Waals surface area (Å²) in [5, 5.41) is 0. The highest BCUT2D eigenvalue weighted by Crippen LogP contribution is 2.29. The third-order valence-corrected chi connectivity index (χ3v) is 1.64. The Bertz CT molecular complexity index is 219. The standard InChI is InChI=1S/C7H12O3/c1-3-8-4-2-7(1)9-5-6-10-7/h1-6H2/i3D2,4D2. The minimum atomic E-state index is -2.04. The third kappa shape index (κ3) is 1.05. The van der Waals surface area contributed by atoms with Gasteiger partial charge < -0.3 is 14.2 Å². The van der Waals surface area contributed by atoms with Gasteiger partial charge in [0.2, 0.25) is 0 Å². The molecule has 0 bridgehead atoms. The minimum Gasteiger partial charge on any atom is -0.381 e. The lowest BCUT2D eigenvalue weighted by molar-refractivity contribution is -0.202. The van der Waals surface area contributed by atoms with E-state index in [0.29, 0.717) is 13.2 Å². The molecule has 0 radical (unpaired) electrons. The molecule has 3 heteroatoms. The van der Waals surface area contributed by atoms with Gasteiger partial charge in [-0.2, -0.15) is 0 Å².